The fourth-order valence-corrected chi connectivity index (χ4v) is 4.52. The standard InChI is InChI=1S/C21H28F3N7O2/c1-2-9-25-18(32)15-4-3-10-30(13-15)19(33)14-7-11-29(12-8-14)17-6-5-16-26-27-20(21(22,23)24)31(16)28-17/h5-6,14-15H,2-4,7-13H2,1H3,(H,25,32). The molecule has 0 bridgehead atoms. The number of piperidine rings is 2. The molecule has 1 atom stereocenters. The first kappa shape index (κ1) is 23.2. The Morgan fingerprint density at radius 2 is 1.85 bits per heavy atom. The van der Waals surface area contributed by atoms with Crippen LogP contribution in [0, 0.1) is 11.8 Å². The van der Waals surface area contributed by atoms with Gasteiger partial charge in [0.15, 0.2) is 5.65 Å². The van der Waals surface area contributed by atoms with E-state index in [0.29, 0.717) is 55.9 Å². The summed E-state index contributed by atoms with van der Waals surface area (Å²) in [6.45, 7) is 4.75. The Bertz CT molecular complexity index is 1000. The first-order valence-corrected chi connectivity index (χ1v) is 11.4. The molecule has 180 valence electrons. The van der Waals surface area contributed by atoms with E-state index in [4.69, 9.17) is 0 Å². The van der Waals surface area contributed by atoms with Gasteiger partial charge in [-0.25, -0.2) is 0 Å². The van der Waals surface area contributed by atoms with Crippen molar-refractivity contribution in [1.82, 2.24) is 30.0 Å². The number of alkyl halides is 3. The molecule has 2 saturated heterocycles. The third kappa shape index (κ3) is 5.03. The van der Waals surface area contributed by atoms with Crippen molar-refractivity contribution < 1.29 is 22.8 Å². The van der Waals surface area contributed by atoms with Gasteiger partial charge in [-0.1, -0.05) is 6.92 Å². The Balaban J connectivity index is 1.37. The fourth-order valence-electron chi connectivity index (χ4n) is 4.52. The van der Waals surface area contributed by atoms with Crippen LogP contribution in [0.1, 0.15) is 44.9 Å². The van der Waals surface area contributed by atoms with Gasteiger partial charge in [0, 0.05) is 38.6 Å². The van der Waals surface area contributed by atoms with Gasteiger partial charge >= 0.3 is 6.18 Å². The highest BCUT2D eigenvalue weighted by atomic mass is 19.4. The average Bonchev–Trinajstić information content (AvgIpc) is 3.26. The molecular weight excluding hydrogens is 439 g/mol. The predicted octanol–water partition coefficient (Wildman–Crippen LogP) is 2.12. The Morgan fingerprint density at radius 3 is 2.55 bits per heavy atom. The van der Waals surface area contributed by atoms with Crippen molar-refractivity contribution in [1.29, 1.82) is 0 Å². The molecule has 1 unspecified atom stereocenters. The van der Waals surface area contributed by atoms with E-state index in [9.17, 15) is 22.8 Å². The molecule has 0 radical (unpaired) electrons. The molecular formula is C21H28F3N7O2. The molecule has 0 aromatic carbocycles. The first-order chi connectivity index (χ1) is 15.8. The lowest BCUT2D eigenvalue weighted by molar-refractivity contribution is -0.146. The van der Waals surface area contributed by atoms with Gasteiger partial charge in [0.25, 0.3) is 5.82 Å². The summed E-state index contributed by atoms with van der Waals surface area (Å²) in [5, 5.41) is 13.7. The maximum atomic E-state index is 13.1. The minimum atomic E-state index is -4.65. The topological polar surface area (TPSA) is 95.7 Å². The molecule has 1 N–H and O–H groups in total. The van der Waals surface area contributed by atoms with Gasteiger partial charge in [-0.2, -0.15) is 17.7 Å². The molecule has 2 aliphatic heterocycles. The highest BCUT2D eigenvalue weighted by molar-refractivity contribution is 5.82. The summed E-state index contributed by atoms with van der Waals surface area (Å²) in [4.78, 5) is 29.1. The smallest absolute Gasteiger partial charge is 0.356 e. The maximum Gasteiger partial charge on any atom is 0.453 e. The number of rotatable bonds is 5. The van der Waals surface area contributed by atoms with E-state index in [0.717, 1.165) is 19.3 Å². The number of likely N-dealkylation sites (tertiary alicyclic amines) is 1. The van der Waals surface area contributed by atoms with Crippen LogP contribution in [-0.2, 0) is 15.8 Å². The highest BCUT2D eigenvalue weighted by Gasteiger charge is 2.38. The number of amides is 2. The summed E-state index contributed by atoms with van der Waals surface area (Å²) in [6, 6.07) is 3.08. The van der Waals surface area contributed by atoms with Crippen LogP contribution >= 0.6 is 0 Å². The molecule has 2 fully saturated rings. The Labute approximate surface area is 189 Å². The van der Waals surface area contributed by atoms with Crippen LogP contribution in [0.5, 0.6) is 0 Å². The number of carbonyl (C=O) groups excluding carboxylic acids is 2. The van der Waals surface area contributed by atoms with Crippen LogP contribution in [0.2, 0.25) is 0 Å². The molecule has 0 saturated carbocycles. The van der Waals surface area contributed by atoms with E-state index in [-0.39, 0.29) is 29.3 Å². The molecule has 0 aliphatic carbocycles. The minimum Gasteiger partial charge on any atom is -0.356 e. The van der Waals surface area contributed by atoms with Crippen LogP contribution in [0.4, 0.5) is 19.0 Å². The molecule has 2 aliphatic rings. The van der Waals surface area contributed by atoms with Crippen molar-refractivity contribution in [3.8, 4) is 0 Å². The third-order valence-electron chi connectivity index (χ3n) is 6.32. The van der Waals surface area contributed by atoms with Crippen molar-refractivity contribution in [3.05, 3.63) is 18.0 Å². The number of fused-ring (bicyclic) bond motifs is 1. The van der Waals surface area contributed by atoms with Crippen LogP contribution in [-0.4, -0.2) is 69.2 Å². The summed E-state index contributed by atoms with van der Waals surface area (Å²) in [5.41, 5.74) is 0.0266. The van der Waals surface area contributed by atoms with Gasteiger partial charge in [0.1, 0.15) is 5.82 Å². The van der Waals surface area contributed by atoms with E-state index >= 15 is 0 Å². The quantitative estimate of drug-likeness (QED) is 0.724. The van der Waals surface area contributed by atoms with E-state index in [1.54, 1.807) is 11.0 Å². The minimum absolute atomic E-state index is 0.0119. The number of aromatic nitrogens is 4. The predicted molar refractivity (Wildman–Crippen MR) is 113 cm³/mol. The molecule has 33 heavy (non-hydrogen) atoms. The van der Waals surface area contributed by atoms with Gasteiger partial charge in [-0.3, -0.25) is 9.59 Å². The number of hydrogen-bond donors (Lipinski definition) is 1. The highest BCUT2D eigenvalue weighted by Crippen LogP contribution is 2.29. The number of nitrogens with one attached hydrogen (secondary N) is 1. The number of hydrogen-bond acceptors (Lipinski definition) is 6. The SMILES string of the molecule is CCCNC(=O)C1CCCN(C(=O)C2CCN(c3ccc4nnc(C(F)(F)F)n4n3)CC2)C1. The van der Waals surface area contributed by atoms with E-state index in [1.165, 1.54) is 6.07 Å². The molecule has 2 aromatic rings. The number of carbonyl (C=O) groups is 2. The second-order valence-corrected chi connectivity index (χ2v) is 8.66. The third-order valence-corrected chi connectivity index (χ3v) is 6.32. The zero-order valence-corrected chi connectivity index (χ0v) is 18.5. The summed E-state index contributed by atoms with van der Waals surface area (Å²) in [6.07, 6.45) is -1.03. The van der Waals surface area contributed by atoms with E-state index < -0.39 is 12.0 Å². The normalized spacial score (nSPS) is 20.3. The summed E-state index contributed by atoms with van der Waals surface area (Å²) in [7, 11) is 0. The van der Waals surface area contributed by atoms with Crippen LogP contribution in [0.25, 0.3) is 5.65 Å². The second kappa shape index (κ2) is 9.52. The fraction of sp³-hybridized carbons (Fsp3) is 0.667. The van der Waals surface area contributed by atoms with E-state index in [1.807, 2.05) is 11.8 Å². The number of halogens is 3. The van der Waals surface area contributed by atoms with Gasteiger partial charge in [-0.15, -0.1) is 15.3 Å². The molecule has 12 heteroatoms. The van der Waals surface area contributed by atoms with Crippen molar-refractivity contribution in [2.75, 3.05) is 37.6 Å². The Hall–Kier alpha value is -2.92. The summed E-state index contributed by atoms with van der Waals surface area (Å²) in [5.74, 6) is -1.03. The summed E-state index contributed by atoms with van der Waals surface area (Å²) < 4.78 is 40.1. The zero-order valence-electron chi connectivity index (χ0n) is 18.5. The Morgan fingerprint density at radius 1 is 1.09 bits per heavy atom. The summed E-state index contributed by atoms with van der Waals surface area (Å²) >= 11 is 0. The van der Waals surface area contributed by atoms with Crippen molar-refractivity contribution in [3.63, 3.8) is 0 Å². The maximum absolute atomic E-state index is 13.1. The van der Waals surface area contributed by atoms with Gasteiger partial charge < -0.3 is 15.1 Å². The van der Waals surface area contributed by atoms with Crippen molar-refractivity contribution >= 4 is 23.3 Å². The molecule has 2 amide bonds. The molecule has 4 heterocycles. The zero-order chi connectivity index (χ0) is 23.6. The monoisotopic (exact) mass is 467 g/mol. The van der Waals surface area contributed by atoms with Crippen molar-refractivity contribution in [2.45, 2.75) is 45.2 Å². The largest absolute Gasteiger partial charge is 0.453 e. The van der Waals surface area contributed by atoms with Gasteiger partial charge in [-0.05, 0) is 44.2 Å². The second-order valence-electron chi connectivity index (χ2n) is 8.66. The van der Waals surface area contributed by atoms with Crippen LogP contribution in [0.15, 0.2) is 12.1 Å². The van der Waals surface area contributed by atoms with Crippen molar-refractivity contribution in [2.24, 2.45) is 11.8 Å². The lowest BCUT2D eigenvalue weighted by Gasteiger charge is -2.37. The van der Waals surface area contributed by atoms with Gasteiger partial charge in [0.05, 0.1) is 5.92 Å². The Kier molecular flexibility index (Phi) is 6.71. The number of anilines is 1. The molecule has 0 spiro atoms. The molecule has 2 aromatic heterocycles. The van der Waals surface area contributed by atoms with E-state index in [2.05, 4.69) is 20.6 Å². The first-order valence-electron chi connectivity index (χ1n) is 11.4. The molecule has 9 nitrogen and oxygen atoms in total. The molecule has 4 rings (SSSR count). The lowest BCUT2D eigenvalue weighted by atomic mass is 9.92. The van der Waals surface area contributed by atoms with Gasteiger partial charge in [0.2, 0.25) is 11.8 Å². The lowest BCUT2D eigenvalue weighted by Crippen LogP contribution is -2.49. The average molecular weight is 467 g/mol. The van der Waals surface area contributed by atoms with Crippen LogP contribution in [0.3, 0.4) is 0 Å². The van der Waals surface area contributed by atoms with Crippen LogP contribution < -0.4 is 10.2 Å². The number of nitrogens with zero attached hydrogens (tertiary/aromatic N) is 6.